The number of likely N-dealkylation sites (tertiary alicyclic amines) is 1. The largest absolute Gasteiger partial charge is 0.497 e. The van der Waals surface area contributed by atoms with Crippen LogP contribution in [0.25, 0.3) is 10.9 Å². The third-order valence-electron chi connectivity index (χ3n) is 7.09. The van der Waals surface area contributed by atoms with E-state index < -0.39 is 6.04 Å². The molecular weight excluding hydrogens is 464 g/mol. The van der Waals surface area contributed by atoms with Crippen LogP contribution in [-0.4, -0.2) is 75.6 Å². The van der Waals surface area contributed by atoms with Gasteiger partial charge in [0, 0.05) is 36.2 Å². The summed E-state index contributed by atoms with van der Waals surface area (Å²) in [5, 5.41) is 13.5. The van der Waals surface area contributed by atoms with Crippen LogP contribution in [0.4, 0.5) is 0 Å². The smallest absolute Gasteiger partial charge is 0.309 e. The molecule has 4 heterocycles. The molecule has 0 radical (unpaired) electrons. The van der Waals surface area contributed by atoms with E-state index in [2.05, 4.69) is 25.4 Å². The first-order valence-corrected chi connectivity index (χ1v) is 12.6. The first kappa shape index (κ1) is 24.4. The molecule has 0 unspecified atom stereocenters. The Labute approximate surface area is 208 Å². The highest BCUT2D eigenvalue weighted by atomic mass is 16.5. The number of nitrogens with zero attached hydrogens (tertiary/aromatic N) is 5. The summed E-state index contributed by atoms with van der Waals surface area (Å²) in [5.41, 5.74) is 1.08. The highest BCUT2D eigenvalue weighted by Gasteiger charge is 2.35. The number of fused-ring (bicyclic) bond motifs is 1. The summed E-state index contributed by atoms with van der Waals surface area (Å²) in [5.74, 6) is 0.986. The molecule has 0 spiro atoms. The summed E-state index contributed by atoms with van der Waals surface area (Å²) in [6, 6.07) is 6.96. The maximum absolute atomic E-state index is 13.4. The Morgan fingerprint density at radius 1 is 1.25 bits per heavy atom. The third-order valence-corrected chi connectivity index (χ3v) is 7.09. The lowest BCUT2D eigenvalue weighted by Gasteiger charge is -2.36. The fraction of sp³-hybridized carbons (Fsp3) is 0.560. The van der Waals surface area contributed by atoms with Crippen molar-refractivity contribution in [2.45, 2.75) is 51.3 Å². The van der Waals surface area contributed by atoms with Crippen LogP contribution in [0.5, 0.6) is 5.75 Å². The van der Waals surface area contributed by atoms with Gasteiger partial charge < -0.3 is 19.2 Å². The number of aromatic nitrogens is 5. The van der Waals surface area contributed by atoms with Gasteiger partial charge in [0.05, 0.1) is 32.3 Å². The van der Waals surface area contributed by atoms with Crippen LogP contribution in [0.3, 0.4) is 0 Å². The first-order chi connectivity index (χ1) is 17.6. The fourth-order valence-corrected chi connectivity index (χ4v) is 5.20. The van der Waals surface area contributed by atoms with Gasteiger partial charge in [0.15, 0.2) is 5.82 Å². The number of rotatable bonds is 8. The average molecular weight is 497 g/mol. The lowest BCUT2D eigenvalue weighted by molar-refractivity contribution is -0.149. The van der Waals surface area contributed by atoms with E-state index in [4.69, 9.17) is 14.2 Å². The summed E-state index contributed by atoms with van der Waals surface area (Å²) in [6.07, 6.45) is 3.29. The summed E-state index contributed by atoms with van der Waals surface area (Å²) < 4.78 is 18.2. The van der Waals surface area contributed by atoms with Crippen molar-refractivity contribution in [2.24, 2.45) is 5.92 Å². The van der Waals surface area contributed by atoms with Gasteiger partial charge in [-0.15, -0.1) is 5.10 Å². The number of carbonyl (C=O) groups is 1. The molecule has 11 heteroatoms. The number of nitrogens with one attached hydrogen (secondary N) is 1. The highest BCUT2D eigenvalue weighted by Crippen LogP contribution is 2.32. The van der Waals surface area contributed by atoms with E-state index in [-0.39, 0.29) is 23.6 Å². The first-order valence-electron chi connectivity index (χ1n) is 12.6. The van der Waals surface area contributed by atoms with Crippen molar-refractivity contribution in [1.82, 2.24) is 30.1 Å². The number of ether oxygens (including phenoxy) is 3. The number of aromatic amines is 1. The molecule has 192 valence electrons. The summed E-state index contributed by atoms with van der Waals surface area (Å²) in [7, 11) is 1.61. The molecule has 2 aliphatic heterocycles. The van der Waals surface area contributed by atoms with Gasteiger partial charge in [-0.2, -0.15) is 0 Å². The number of hydrogen-bond donors (Lipinski definition) is 1. The number of hydrogen-bond acceptors (Lipinski definition) is 9. The monoisotopic (exact) mass is 496 g/mol. The van der Waals surface area contributed by atoms with Crippen molar-refractivity contribution in [3.8, 4) is 5.75 Å². The molecule has 0 amide bonds. The second kappa shape index (κ2) is 10.8. The quantitative estimate of drug-likeness (QED) is 0.467. The van der Waals surface area contributed by atoms with Crippen LogP contribution in [0.2, 0.25) is 0 Å². The van der Waals surface area contributed by atoms with Crippen molar-refractivity contribution in [2.75, 3.05) is 33.4 Å². The van der Waals surface area contributed by atoms with Crippen molar-refractivity contribution in [3.63, 3.8) is 0 Å². The van der Waals surface area contributed by atoms with Crippen LogP contribution < -0.4 is 10.3 Å². The lowest BCUT2D eigenvalue weighted by Crippen LogP contribution is -2.42. The zero-order valence-electron chi connectivity index (χ0n) is 20.7. The molecule has 0 aliphatic carbocycles. The Bertz CT molecular complexity index is 1260. The molecule has 36 heavy (non-hydrogen) atoms. The zero-order valence-corrected chi connectivity index (χ0v) is 20.7. The summed E-state index contributed by atoms with van der Waals surface area (Å²) >= 11 is 0. The number of piperidine rings is 1. The van der Waals surface area contributed by atoms with Crippen LogP contribution in [-0.2, 0) is 20.8 Å². The molecule has 3 aromatic rings. The van der Waals surface area contributed by atoms with Gasteiger partial charge >= 0.3 is 5.97 Å². The summed E-state index contributed by atoms with van der Waals surface area (Å²) in [6.45, 7) is 4.66. The lowest BCUT2D eigenvalue weighted by atomic mass is 9.94. The minimum absolute atomic E-state index is 0.0431. The van der Waals surface area contributed by atoms with Crippen molar-refractivity contribution >= 4 is 16.9 Å². The summed E-state index contributed by atoms with van der Waals surface area (Å²) in [4.78, 5) is 30.9. The van der Waals surface area contributed by atoms with E-state index in [1.807, 2.05) is 31.2 Å². The van der Waals surface area contributed by atoms with Crippen LogP contribution in [0.15, 0.2) is 29.1 Å². The molecule has 2 aliphatic rings. The zero-order chi connectivity index (χ0) is 25.1. The van der Waals surface area contributed by atoms with Crippen LogP contribution in [0.1, 0.15) is 50.0 Å². The molecule has 5 rings (SSSR count). The molecule has 1 aromatic carbocycles. The number of H-pyrrole nitrogens is 1. The molecule has 2 saturated heterocycles. The van der Waals surface area contributed by atoms with Gasteiger partial charge in [0.25, 0.3) is 5.56 Å². The van der Waals surface area contributed by atoms with E-state index in [0.29, 0.717) is 56.2 Å². The molecule has 2 atom stereocenters. The van der Waals surface area contributed by atoms with E-state index >= 15 is 0 Å². The predicted octanol–water partition coefficient (Wildman–Crippen LogP) is 2.07. The van der Waals surface area contributed by atoms with E-state index in [0.717, 1.165) is 30.4 Å². The maximum atomic E-state index is 13.4. The second-order valence-corrected chi connectivity index (χ2v) is 9.33. The van der Waals surface area contributed by atoms with Crippen molar-refractivity contribution < 1.29 is 19.0 Å². The van der Waals surface area contributed by atoms with Crippen LogP contribution >= 0.6 is 0 Å². The number of carbonyl (C=O) groups excluding carboxylic acids is 1. The van der Waals surface area contributed by atoms with E-state index in [9.17, 15) is 9.59 Å². The molecule has 0 saturated carbocycles. The Morgan fingerprint density at radius 3 is 2.81 bits per heavy atom. The molecule has 2 fully saturated rings. The van der Waals surface area contributed by atoms with Crippen molar-refractivity contribution in [1.29, 1.82) is 0 Å². The predicted molar refractivity (Wildman–Crippen MR) is 131 cm³/mol. The molecule has 2 aromatic heterocycles. The Morgan fingerprint density at radius 2 is 2.08 bits per heavy atom. The van der Waals surface area contributed by atoms with Gasteiger partial charge in [-0.25, -0.2) is 4.68 Å². The number of methoxy groups -OCH3 is 1. The Hall–Kier alpha value is -3.31. The number of esters is 1. The Kier molecular flexibility index (Phi) is 7.28. The van der Waals surface area contributed by atoms with Gasteiger partial charge in [0.2, 0.25) is 0 Å². The number of tetrazole rings is 1. The molecule has 1 N–H and O–H groups in total. The Balaban J connectivity index is 1.52. The minimum Gasteiger partial charge on any atom is -0.497 e. The standard InChI is InChI=1S/C25H32N6O5/c1-3-35-25(33)16-8-10-30(11-9-16)22(23-27-28-29-31(23)15-19-5-4-12-36-19)20-14-17-13-18(34-2)6-7-21(17)26-24(20)32/h6-7,13-14,16,19,22H,3-5,8-12,15H2,1-2H3,(H,26,32)/t19-,22-/m0/s1. The van der Waals surface area contributed by atoms with Gasteiger partial charge in [-0.3, -0.25) is 14.5 Å². The molecular formula is C25H32N6O5. The average Bonchev–Trinajstić information content (AvgIpc) is 3.58. The SMILES string of the molecule is CCOC(=O)C1CCN([C@@H](c2cc3cc(OC)ccc3[nH]c2=O)c2nnnn2C[C@@H]2CCCO2)CC1. The third kappa shape index (κ3) is 4.98. The minimum atomic E-state index is -0.483. The topological polar surface area (TPSA) is 124 Å². The molecule has 11 nitrogen and oxygen atoms in total. The van der Waals surface area contributed by atoms with Gasteiger partial charge in [-0.05, 0) is 67.3 Å². The van der Waals surface area contributed by atoms with E-state index in [1.165, 1.54) is 0 Å². The number of benzene rings is 1. The fourth-order valence-electron chi connectivity index (χ4n) is 5.20. The normalized spacial score (nSPS) is 20.0. The number of pyridine rings is 1. The maximum Gasteiger partial charge on any atom is 0.309 e. The second-order valence-electron chi connectivity index (χ2n) is 9.33. The van der Waals surface area contributed by atoms with Gasteiger partial charge in [0.1, 0.15) is 11.8 Å². The van der Waals surface area contributed by atoms with Crippen LogP contribution in [0, 0.1) is 5.92 Å². The highest BCUT2D eigenvalue weighted by molar-refractivity contribution is 5.80. The van der Waals surface area contributed by atoms with Crippen molar-refractivity contribution in [3.05, 3.63) is 46.0 Å². The van der Waals surface area contributed by atoms with Gasteiger partial charge in [-0.1, -0.05) is 0 Å². The van der Waals surface area contributed by atoms with E-state index in [1.54, 1.807) is 11.8 Å². The molecule has 0 bridgehead atoms.